The van der Waals surface area contributed by atoms with E-state index in [-0.39, 0.29) is 0 Å². The summed E-state index contributed by atoms with van der Waals surface area (Å²) in [7, 11) is 0. The summed E-state index contributed by atoms with van der Waals surface area (Å²) in [6.07, 6.45) is 0. The van der Waals surface area contributed by atoms with Gasteiger partial charge in [0.2, 0.25) is 0 Å². The van der Waals surface area contributed by atoms with Gasteiger partial charge in [0.15, 0.2) is 0 Å². The molecule has 2 heteroatoms. The Morgan fingerprint density at radius 1 is 0.310 bits per heavy atom. The van der Waals surface area contributed by atoms with Crippen molar-refractivity contribution >= 4 is 42.8 Å². The monoisotopic (exact) mass is 570 g/mol. The van der Waals surface area contributed by atoms with Crippen LogP contribution in [0.15, 0.2) is 158 Å². The Morgan fingerprint density at radius 2 is 0.714 bits per heavy atom. The molecular formula is C40H26S2. The third-order valence-electron chi connectivity index (χ3n) is 7.90. The van der Waals surface area contributed by atoms with Gasteiger partial charge in [-0.25, -0.2) is 0 Å². The normalized spacial score (nSPS) is 11.3. The minimum atomic E-state index is 1.22. The third kappa shape index (κ3) is 4.37. The molecule has 6 aromatic carbocycles. The molecule has 0 aliphatic carbocycles. The average Bonchev–Trinajstić information content (AvgIpc) is 3.69. The van der Waals surface area contributed by atoms with Gasteiger partial charge in [0.1, 0.15) is 0 Å². The first kappa shape index (κ1) is 25.0. The molecule has 0 aliphatic rings. The SMILES string of the molecule is c1ccc(-c2cc(-c3ccccc3)c(-c3cc4ccccc4s3)c(-c3cc4ccccc4s3)c2-c2ccccc2)cc1. The molecule has 0 spiro atoms. The summed E-state index contributed by atoms with van der Waals surface area (Å²) < 4.78 is 2.61. The maximum absolute atomic E-state index is 2.43. The minimum Gasteiger partial charge on any atom is -0.135 e. The van der Waals surface area contributed by atoms with Gasteiger partial charge in [0.25, 0.3) is 0 Å². The first-order chi connectivity index (χ1) is 20.8. The lowest BCUT2D eigenvalue weighted by Crippen LogP contribution is -1.96. The molecule has 0 bridgehead atoms. The Morgan fingerprint density at radius 3 is 1.21 bits per heavy atom. The smallest absolute Gasteiger partial charge is 0.0368 e. The summed E-state index contributed by atoms with van der Waals surface area (Å²) in [4.78, 5) is 2.58. The van der Waals surface area contributed by atoms with Crippen molar-refractivity contribution in [1.29, 1.82) is 0 Å². The topological polar surface area (TPSA) is 0 Å². The van der Waals surface area contributed by atoms with Crippen molar-refractivity contribution in [2.24, 2.45) is 0 Å². The van der Waals surface area contributed by atoms with Gasteiger partial charge in [-0.15, -0.1) is 22.7 Å². The van der Waals surface area contributed by atoms with Crippen molar-refractivity contribution in [1.82, 2.24) is 0 Å². The van der Waals surface area contributed by atoms with E-state index in [1.54, 1.807) is 0 Å². The van der Waals surface area contributed by atoms with E-state index in [1.807, 2.05) is 22.7 Å². The highest BCUT2D eigenvalue weighted by Crippen LogP contribution is 2.53. The number of hydrogen-bond acceptors (Lipinski definition) is 2. The van der Waals surface area contributed by atoms with Crippen molar-refractivity contribution < 1.29 is 0 Å². The van der Waals surface area contributed by atoms with Gasteiger partial charge < -0.3 is 0 Å². The van der Waals surface area contributed by atoms with Gasteiger partial charge in [0, 0.05) is 30.3 Å². The maximum Gasteiger partial charge on any atom is 0.0368 e. The summed E-state index contributed by atoms with van der Waals surface area (Å²) >= 11 is 3.77. The van der Waals surface area contributed by atoms with Gasteiger partial charge in [-0.2, -0.15) is 0 Å². The molecule has 0 radical (unpaired) electrons. The van der Waals surface area contributed by atoms with Crippen LogP contribution in [0.5, 0.6) is 0 Å². The van der Waals surface area contributed by atoms with E-state index in [9.17, 15) is 0 Å². The van der Waals surface area contributed by atoms with E-state index in [2.05, 4.69) is 158 Å². The molecule has 0 atom stereocenters. The van der Waals surface area contributed by atoms with Gasteiger partial charge in [-0.05, 0) is 74.5 Å². The number of benzene rings is 6. The summed E-state index contributed by atoms with van der Waals surface area (Å²) in [5.74, 6) is 0. The zero-order valence-electron chi connectivity index (χ0n) is 22.8. The van der Waals surface area contributed by atoms with E-state index in [0.717, 1.165) is 0 Å². The molecule has 0 amide bonds. The van der Waals surface area contributed by atoms with Crippen LogP contribution < -0.4 is 0 Å². The van der Waals surface area contributed by atoms with E-state index < -0.39 is 0 Å². The molecule has 2 heterocycles. The Bertz CT molecular complexity index is 2100. The summed E-state index contributed by atoms with van der Waals surface area (Å²) in [6, 6.07) is 57.4. The second kappa shape index (κ2) is 10.6. The van der Waals surface area contributed by atoms with Crippen LogP contribution in [0.3, 0.4) is 0 Å². The molecule has 0 saturated carbocycles. The highest BCUT2D eigenvalue weighted by Gasteiger charge is 2.25. The molecule has 0 nitrogen and oxygen atoms in total. The lowest BCUT2D eigenvalue weighted by molar-refractivity contribution is 1.56. The second-order valence-electron chi connectivity index (χ2n) is 10.5. The lowest BCUT2D eigenvalue weighted by atomic mass is 9.82. The van der Waals surface area contributed by atoms with Crippen LogP contribution in [-0.2, 0) is 0 Å². The van der Waals surface area contributed by atoms with Crippen LogP contribution >= 0.6 is 22.7 Å². The molecule has 198 valence electrons. The highest BCUT2D eigenvalue weighted by atomic mass is 32.1. The Kier molecular flexibility index (Phi) is 6.29. The first-order valence-corrected chi connectivity index (χ1v) is 15.8. The number of hydrogen-bond donors (Lipinski definition) is 0. The van der Waals surface area contributed by atoms with E-state index in [4.69, 9.17) is 0 Å². The largest absolute Gasteiger partial charge is 0.135 e. The van der Waals surface area contributed by atoms with Crippen molar-refractivity contribution in [3.63, 3.8) is 0 Å². The van der Waals surface area contributed by atoms with Crippen molar-refractivity contribution in [3.05, 3.63) is 158 Å². The van der Waals surface area contributed by atoms with Gasteiger partial charge >= 0.3 is 0 Å². The van der Waals surface area contributed by atoms with Crippen molar-refractivity contribution in [2.45, 2.75) is 0 Å². The number of thiophene rings is 2. The first-order valence-electron chi connectivity index (χ1n) is 14.2. The molecule has 0 N–H and O–H groups in total. The van der Waals surface area contributed by atoms with Gasteiger partial charge in [0.05, 0.1) is 0 Å². The molecule has 8 rings (SSSR count). The molecule has 0 aliphatic heterocycles. The Balaban J connectivity index is 1.59. The van der Waals surface area contributed by atoms with E-state index in [1.165, 1.54) is 74.4 Å². The zero-order chi connectivity index (χ0) is 27.9. The van der Waals surface area contributed by atoms with Crippen LogP contribution in [0.4, 0.5) is 0 Å². The van der Waals surface area contributed by atoms with Crippen LogP contribution in [0.2, 0.25) is 0 Å². The van der Waals surface area contributed by atoms with E-state index >= 15 is 0 Å². The minimum absolute atomic E-state index is 1.22. The van der Waals surface area contributed by atoms with Gasteiger partial charge in [-0.3, -0.25) is 0 Å². The third-order valence-corrected chi connectivity index (χ3v) is 10.2. The average molecular weight is 571 g/mol. The van der Waals surface area contributed by atoms with E-state index in [0.29, 0.717) is 0 Å². The van der Waals surface area contributed by atoms with Crippen molar-refractivity contribution in [3.8, 4) is 54.3 Å². The summed E-state index contributed by atoms with van der Waals surface area (Å²) in [5.41, 5.74) is 10.1. The van der Waals surface area contributed by atoms with Crippen LogP contribution in [0, 0.1) is 0 Å². The molecule has 0 fully saturated rings. The van der Waals surface area contributed by atoms with Crippen LogP contribution in [0.1, 0.15) is 0 Å². The maximum atomic E-state index is 2.43. The standard InChI is InChI=1S/C40H26S2/c1-4-14-27(15-5-1)32-26-33(28-16-6-2-7-17-28)39(36-24-30-20-10-12-22-34(30)41-36)40(38(32)29-18-8-3-9-19-29)37-25-31-21-11-13-23-35(31)42-37/h1-26H. The zero-order valence-corrected chi connectivity index (χ0v) is 24.5. The molecule has 8 aromatic rings. The van der Waals surface area contributed by atoms with Crippen LogP contribution in [0.25, 0.3) is 74.4 Å². The Labute approximate surface area is 253 Å². The Hall–Kier alpha value is -4.76. The van der Waals surface area contributed by atoms with Gasteiger partial charge in [-0.1, -0.05) is 127 Å². The summed E-state index contributed by atoms with van der Waals surface area (Å²) in [5, 5.41) is 2.57. The fourth-order valence-corrected chi connectivity index (χ4v) is 8.24. The fraction of sp³-hybridized carbons (Fsp3) is 0. The molecule has 42 heavy (non-hydrogen) atoms. The fourth-order valence-electron chi connectivity index (χ4n) is 5.99. The lowest BCUT2D eigenvalue weighted by Gasteiger charge is -2.23. The molecular weight excluding hydrogens is 545 g/mol. The quantitative estimate of drug-likeness (QED) is 0.193. The predicted molar refractivity (Wildman–Crippen MR) is 184 cm³/mol. The predicted octanol–water partition coefficient (Wildman–Crippen LogP) is 12.5. The molecule has 2 aromatic heterocycles. The number of fused-ring (bicyclic) bond motifs is 2. The number of rotatable bonds is 5. The molecule has 0 saturated heterocycles. The second-order valence-corrected chi connectivity index (χ2v) is 12.7. The van der Waals surface area contributed by atoms with Crippen molar-refractivity contribution in [2.75, 3.05) is 0 Å². The molecule has 0 unspecified atom stereocenters. The van der Waals surface area contributed by atoms with Crippen LogP contribution in [-0.4, -0.2) is 0 Å². The summed E-state index contributed by atoms with van der Waals surface area (Å²) in [6.45, 7) is 0. The highest BCUT2D eigenvalue weighted by molar-refractivity contribution is 7.23.